The van der Waals surface area contributed by atoms with Gasteiger partial charge in [0.05, 0.1) is 12.7 Å². The molecular weight excluding hydrogens is 202 g/mol. The number of nitrogens with one attached hydrogen (secondary N) is 1. The van der Waals surface area contributed by atoms with Gasteiger partial charge in [0.15, 0.2) is 0 Å². The van der Waals surface area contributed by atoms with Gasteiger partial charge >= 0.3 is 0 Å². The Morgan fingerprint density at radius 1 is 1.44 bits per heavy atom. The van der Waals surface area contributed by atoms with E-state index in [1.54, 1.807) is 0 Å². The lowest BCUT2D eigenvalue weighted by molar-refractivity contribution is 0.00161. The summed E-state index contributed by atoms with van der Waals surface area (Å²) in [5, 5.41) is 12.3. The SMILES string of the molecule is CCNC(CCO)COC1CCCC(C)C1. The third-order valence-electron chi connectivity index (χ3n) is 3.39. The molecule has 0 aromatic rings. The van der Waals surface area contributed by atoms with Gasteiger partial charge in [-0.15, -0.1) is 0 Å². The standard InChI is InChI=1S/C13H27NO2/c1-3-14-12(7-8-15)10-16-13-6-4-5-11(2)9-13/h11-15H,3-10H2,1-2H3. The number of aliphatic hydroxyl groups excluding tert-OH is 1. The van der Waals surface area contributed by atoms with Crippen LogP contribution in [0.5, 0.6) is 0 Å². The van der Waals surface area contributed by atoms with Gasteiger partial charge < -0.3 is 15.2 Å². The minimum absolute atomic E-state index is 0.238. The van der Waals surface area contributed by atoms with Crippen LogP contribution >= 0.6 is 0 Å². The number of rotatable bonds is 7. The van der Waals surface area contributed by atoms with Crippen LogP contribution in [0.2, 0.25) is 0 Å². The van der Waals surface area contributed by atoms with E-state index >= 15 is 0 Å². The van der Waals surface area contributed by atoms with Gasteiger partial charge in [0.1, 0.15) is 0 Å². The van der Waals surface area contributed by atoms with Crippen LogP contribution in [0.4, 0.5) is 0 Å². The molecule has 0 amide bonds. The van der Waals surface area contributed by atoms with E-state index in [-0.39, 0.29) is 6.61 Å². The van der Waals surface area contributed by atoms with Crippen molar-refractivity contribution in [2.75, 3.05) is 19.8 Å². The first-order chi connectivity index (χ1) is 7.76. The molecule has 0 aromatic carbocycles. The molecule has 1 aliphatic rings. The highest BCUT2D eigenvalue weighted by atomic mass is 16.5. The molecule has 96 valence electrons. The molecule has 1 rings (SSSR count). The predicted molar refractivity (Wildman–Crippen MR) is 66.5 cm³/mol. The molecule has 3 heteroatoms. The zero-order chi connectivity index (χ0) is 11.8. The largest absolute Gasteiger partial charge is 0.396 e. The molecule has 1 fully saturated rings. The maximum absolute atomic E-state index is 8.95. The molecule has 0 bridgehead atoms. The Morgan fingerprint density at radius 3 is 2.88 bits per heavy atom. The van der Waals surface area contributed by atoms with Crippen molar-refractivity contribution in [1.29, 1.82) is 0 Å². The van der Waals surface area contributed by atoms with Gasteiger partial charge in [-0.25, -0.2) is 0 Å². The Labute approximate surface area is 99.6 Å². The lowest BCUT2D eigenvalue weighted by Gasteiger charge is -2.28. The van der Waals surface area contributed by atoms with Crippen LogP contribution in [0.1, 0.15) is 46.0 Å². The zero-order valence-corrected chi connectivity index (χ0v) is 10.7. The second-order valence-corrected chi connectivity index (χ2v) is 4.99. The summed E-state index contributed by atoms with van der Waals surface area (Å²) in [6.07, 6.45) is 6.31. The predicted octanol–water partition coefficient (Wildman–Crippen LogP) is 1.94. The van der Waals surface area contributed by atoms with E-state index < -0.39 is 0 Å². The molecule has 0 radical (unpaired) electrons. The van der Waals surface area contributed by atoms with Crippen LogP contribution in [-0.2, 0) is 4.74 Å². The highest BCUT2D eigenvalue weighted by Crippen LogP contribution is 2.25. The second-order valence-electron chi connectivity index (χ2n) is 4.99. The summed E-state index contributed by atoms with van der Waals surface area (Å²) in [7, 11) is 0. The summed E-state index contributed by atoms with van der Waals surface area (Å²) in [4.78, 5) is 0. The van der Waals surface area contributed by atoms with Crippen LogP contribution in [-0.4, -0.2) is 37.0 Å². The van der Waals surface area contributed by atoms with Gasteiger partial charge in [-0.1, -0.05) is 26.7 Å². The Hall–Kier alpha value is -0.120. The summed E-state index contributed by atoms with van der Waals surface area (Å²) in [6, 6.07) is 0.312. The van der Waals surface area contributed by atoms with E-state index in [4.69, 9.17) is 9.84 Å². The fraction of sp³-hybridized carbons (Fsp3) is 1.00. The van der Waals surface area contributed by atoms with Crippen molar-refractivity contribution in [3.8, 4) is 0 Å². The van der Waals surface area contributed by atoms with E-state index in [1.165, 1.54) is 25.7 Å². The fourth-order valence-corrected chi connectivity index (χ4v) is 2.47. The fourth-order valence-electron chi connectivity index (χ4n) is 2.47. The molecular formula is C13H27NO2. The molecule has 1 saturated carbocycles. The Balaban J connectivity index is 2.19. The normalized spacial score (nSPS) is 27.9. The molecule has 0 heterocycles. The first-order valence-corrected chi connectivity index (χ1v) is 6.72. The van der Waals surface area contributed by atoms with Crippen molar-refractivity contribution < 1.29 is 9.84 Å². The number of ether oxygens (including phenoxy) is 1. The van der Waals surface area contributed by atoms with Gasteiger partial charge in [0.2, 0.25) is 0 Å². The molecule has 0 aromatic heterocycles. The van der Waals surface area contributed by atoms with Crippen LogP contribution in [0.25, 0.3) is 0 Å². The van der Waals surface area contributed by atoms with E-state index in [2.05, 4.69) is 19.2 Å². The number of aliphatic hydroxyl groups is 1. The van der Waals surface area contributed by atoms with E-state index in [0.717, 1.165) is 25.5 Å². The zero-order valence-electron chi connectivity index (χ0n) is 10.7. The van der Waals surface area contributed by atoms with Crippen LogP contribution < -0.4 is 5.32 Å². The third kappa shape index (κ3) is 5.28. The van der Waals surface area contributed by atoms with E-state index in [9.17, 15) is 0 Å². The molecule has 3 atom stereocenters. The summed E-state index contributed by atoms with van der Waals surface area (Å²) in [6.45, 7) is 6.32. The minimum Gasteiger partial charge on any atom is -0.396 e. The summed E-state index contributed by atoms with van der Waals surface area (Å²) in [5.41, 5.74) is 0. The smallest absolute Gasteiger partial charge is 0.0624 e. The molecule has 16 heavy (non-hydrogen) atoms. The molecule has 0 aliphatic heterocycles. The van der Waals surface area contributed by atoms with Crippen LogP contribution in [0, 0.1) is 5.92 Å². The van der Waals surface area contributed by atoms with Crippen molar-refractivity contribution in [1.82, 2.24) is 5.32 Å². The molecule has 0 saturated heterocycles. The summed E-state index contributed by atoms with van der Waals surface area (Å²) < 4.78 is 5.95. The van der Waals surface area contributed by atoms with Gasteiger partial charge in [-0.05, 0) is 31.7 Å². The summed E-state index contributed by atoms with van der Waals surface area (Å²) >= 11 is 0. The Bertz CT molecular complexity index is 165. The van der Waals surface area contributed by atoms with Crippen LogP contribution in [0.3, 0.4) is 0 Å². The maximum Gasteiger partial charge on any atom is 0.0624 e. The number of likely N-dealkylation sites (N-methyl/N-ethyl adjacent to an activating group) is 1. The molecule has 3 unspecified atom stereocenters. The van der Waals surface area contributed by atoms with E-state index in [0.29, 0.717) is 12.1 Å². The summed E-state index contributed by atoms with van der Waals surface area (Å²) in [5.74, 6) is 0.814. The lowest BCUT2D eigenvalue weighted by atomic mass is 9.89. The van der Waals surface area contributed by atoms with Crippen LogP contribution in [0.15, 0.2) is 0 Å². The van der Waals surface area contributed by atoms with Gasteiger partial charge in [-0.2, -0.15) is 0 Å². The average molecular weight is 229 g/mol. The van der Waals surface area contributed by atoms with Gasteiger partial charge in [0.25, 0.3) is 0 Å². The molecule has 0 spiro atoms. The van der Waals surface area contributed by atoms with Gasteiger partial charge in [-0.3, -0.25) is 0 Å². The topological polar surface area (TPSA) is 41.5 Å². The van der Waals surface area contributed by atoms with Crippen molar-refractivity contribution in [2.24, 2.45) is 5.92 Å². The molecule has 1 aliphatic carbocycles. The maximum atomic E-state index is 8.95. The van der Waals surface area contributed by atoms with Crippen molar-refractivity contribution in [3.05, 3.63) is 0 Å². The number of hydrogen-bond donors (Lipinski definition) is 2. The van der Waals surface area contributed by atoms with Crippen molar-refractivity contribution in [2.45, 2.75) is 58.1 Å². The lowest BCUT2D eigenvalue weighted by Crippen LogP contribution is -2.36. The first kappa shape index (κ1) is 13.9. The molecule has 3 nitrogen and oxygen atoms in total. The highest BCUT2D eigenvalue weighted by molar-refractivity contribution is 4.72. The minimum atomic E-state index is 0.238. The highest BCUT2D eigenvalue weighted by Gasteiger charge is 2.20. The Morgan fingerprint density at radius 2 is 2.25 bits per heavy atom. The third-order valence-corrected chi connectivity index (χ3v) is 3.39. The van der Waals surface area contributed by atoms with Crippen molar-refractivity contribution >= 4 is 0 Å². The average Bonchev–Trinajstić information content (AvgIpc) is 2.27. The first-order valence-electron chi connectivity index (χ1n) is 6.72. The monoisotopic (exact) mass is 229 g/mol. The van der Waals surface area contributed by atoms with Crippen molar-refractivity contribution in [3.63, 3.8) is 0 Å². The second kappa shape index (κ2) is 8.04. The Kier molecular flexibility index (Phi) is 7.01. The molecule has 2 N–H and O–H groups in total. The van der Waals surface area contributed by atoms with Gasteiger partial charge in [0, 0.05) is 12.6 Å². The quantitative estimate of drug-likeness (QED) is 0.701. The number of hydrogen-bond acceptors (Lipinski definition) is 3. The van der Waals surface area contributed by atoms with E-state index in [1.807, 2.05) is 0 Å².